The third kappa shape index (κ3) is 4.54. The van der Waals surface area contributed by atoms with Crippen LogP contribution in [0, 0.1) is 11.3 Å². The van der Waals surface area contributed by atoms with E-state index in [9.17, 15) is 17.2 Å². The standard InChI is InChI=1S/C26H32F2N2O2S/c1-33(31,32)23-9-5-8-22(16-23)29-14-15-30(24(18-29)21-6-3-2-4-7-21)17-20-10-12-25(13-11-20)19-26(25,27)28/h2-9,16,20,24H,10-15,17-19H2,1H3/t20-,24-,25-/m1/s1. The van der Waals surface area contributed by atoms with Crippen LogP contribution in [0.2, 0.25) is 0 Å². The van der Waals surface area contributed by atoms with E-state index in [1.807, 2.05) is 12.1 Å². The number of alkyl halides is 2. The molecule has 0 aromatic heterocycles. The van der Waals surface area contributed by atoms with Gasteiger partial charge in [0.1, 0.15) is 0 Å². The van der Waals surface area contributed by atoms with Crippen LogP contribution in [0.5, 0.6) is 0 Å². The molecule has 7 heteroatoms. The largest absolute Gasteiger partial charge is 0.368 e. The highest BCUT2D eigenvalue weighted by Crippen LogP contribution is 2.68. The highest BCUT2D eigenvalue weighted by Gasteiger charge is 2.70. The first-order valence-electron chi connectivity index (χ1n) is 11.9. The van der Waals surface area contributed by atoms with Crippen LogP contribution < -0.4 is 4.90 Å². The molecule has 0 bridgehead atoms. The van der Waals surface area contributed by atoms with Crippen molar-refractivity contribution < 1.29 is 17.2 Å². The normalized spacial score (nSPS) is 29.8. The number of benzene rings is 2. The monoisotopic (exact) mass is 474 g/mol. The van der Waals surface area contributed by atoms with Gasteiger partial charge in [-0.3, -0.25) is 4.90 Å². The van der Waals surface area contributed by atoms with E-state index in [1.54, 1.807) is 18.2 Å². The number of hydrogen-bond donors (Lipinski definition) is 0. The van der Waals surface area contributed by atoms with Crippen molar-refractivity contribution in [1.29, 1.82) is 0 Å². The summed E-state index contributed by atoms with van der Waals surface area (Å²) in [5.41, 5.74) is 1.47. The molecule has 1 saturated heterocycles. The van der Waals surface area contributed by atoms with Crippen LogP contribution in [-0.2, 0) is 9.84 Å². The molecule has 3 aliphatic rings. The molecule has 0 unspecified atom stereocenters. The first-order chi connectivity index (χ1) is 15.7. The number of hydrogen-bond acceptors (Lipinski definition) is 4. The Morgan fingerprint density at radius 1 is 1.00 bits per heavy atom. The van der Waals surface area contributed by atoms with Crippen LogP contribution in [0.1, 0.15) is 43.7 Å². The molecule has 0 amide bonds. The molecule has 178 valence electrons. The average Bonchev–Trinajstić information content (AvgIpc) is 3.34. The van der Waals surface area contributed by atoms with Crippen molar-refractivity contribution in [3.63, 3.8) is 0 Å². The number of piperazine rings is 1. The van der Waals surface area contributed by atoms with Crippen LogP contribution in [0.15, 0.2) is 59.5 Å². The highest BCUT2D eigenvalue weighted by atomic mass is 32.2. The number of anilines is 1. The summed E-state index contributed by atoms with van der Waals surface area (Å²) < 4.78 is 51.7. The Kier molecular flexibility index (Phi) is 5.76. The van der Waals surface area contributed by atoms with Gasteiger partial charge in [0.2, 0.25) is 0 Å². The molecule has 2 saturated carbocycles. The topological polar surface area (TPSA) is 40.6 Å². The summed E-state index contributed by atoms with van der Waals surface area (Å²) in [6, 6.07) is 17.8. The molecule has 3 fully saturated rings. The SMILES string of the molecule is CS(=O)(=O)c1cccc(N2CCN(C[C@H]3CC[C@]4(CC3)CC4(F)F)[C@@H](c3ccccc3)C2)c1. The minimum absolute atomic E-state index is 0.0879. The molecule has 1 heterocycles. The molecule has 2 aliphatic carbocycles. The fourth-order valence-corrected chi connectivity index (χ4v) is 6.50. The first kappa shape index (κ1) is 22.8. The second-order valence-electron chi connectivity index (χ2n) is 10.2. The average molecular weight is 475 g/mol. The quantitative estimate of drug-likeness (QED) is 0.600. The molecule has 1 atom stereocenters. The van der Waals surface area contributed by atoms with Gasteiger partial charge >= 0.3 is 0 Å². The second-order valence-corrected chi connectivity index (χ2v) is 12.3. The fourth-order valence-electron chi connectivity index (χ4n) is 5.84. The summed E-state index contributed by atoms with van der Waals surface area (Å²) in [5.74, 6) is -1.98. The van der Waals surface area contributed by atoms with E-state index in [0.717, 1.165) is 44.7 Å². The Hall–Kier alpha value is -1.99. The molecule has 5 rings (SSSR count). The zero-order valence-corrected chi connectivity index (χ0v) is 19.9. The number of nitrogens with zero attached hydrogens (tertiary/aromatic N) is 2. The number of sulfone groups is 1. The lowest BCUT2D eigenvalue weighted by Gasteiger charge is -2.45. The molecule has 0 N–H and O–H groups in total. The predicted octanol–water partition coefficient (Wildman–Crippen LogP) is 5.17. The van der Waals surface area contributed by atoms with E-state index < -0.39 is 21.2 Å². The van der Waals surface area contributed by atoms with Gasteiger partial charge in [-0.1, -0.05) is 36.4 Å². The lowest BCUT2D eigenvalue weighted by Crippen LogP contribution is -2.50. The molecule has 0 radical (unpaired) electrons. The van der Waals surface area contributed by atoms with Gasteiger partial charge in [0.25, 0.3) is 5.92 Å². The third-order valence-corrected chi connectivity index (χ3v) is 9.16. The van der Waals surface area contributed by atoms with Gasteiger partial charge < -0.3 is 4.90 Å². The molecular weight excluding hydrogens is 442 g/mol. The van der Waals surface area contributed by atoms with Gasteiger partial charge in [-0.15, -0.1) is 0 Å². The third-order valence-electron chi connectivity index (χ3n) is 8.05. The van der Waals surface area contributed by atoms with Crippen molar-refractivity contribution in [2.24, 2.45) is 11.3 Å². The summed E-state index contributed by atoms with van der Waals surface area (Å²) in [6.07, 6.45) is 4.40. The lowest BCUT2D eigenvalue weighted by molar-refractivity contribution is 0.0337. The Morgan fingerprint density at radius 2 is 1.70 bits per heavy atom. The van der Waals surface area contributed by atoms with Gasteiger partial charge in [-0.2, -0.15) is 0 Å². The Labute approximate surface area is 195 Å². The van der Waals surface area contributed by atoms with Crippen molar-refractivity contribution in [3.05, 3.63) is 60.2 Å². The Balaban J connectivity index is 1.32. The van der Waals surface area contributed by atoms with Crippen LogP contribution in [0.3, 0.4) is 0 Å². The molecule has 4 nitrogen and oxygen atoms in total. The van der Waals surface area contributed by atoms with Crippen molar-refractivity contribution in [3.8, 4) is 0 Å². The van der Waals surface area contributed by atoms with E-state index in [0.29, 0.717) is 23.7 Å². The predicted molar refractivity (Wildman–Crippen MR) is 126 cm³/mol. The van der Waals surface area contributed by atoms with Crippen molar-refractivity contribution in [2.75, 3.05) is 37.3 Å². The number of rotatable bonds is 5. The molecule has 33 heavy (non-hydrogen) atoms. The molecule has 1 spiro atoms. The Morgan fingerprint density at radius 3 is 2.33 bits per heavy atom. The van der Waals surface area contributed by atoms with E-state index in [4.69, 9.17) is 0 Å². The van der Waals surface area contributed by atoms with E-state index in [-0.39, 0.29) is 12.5 Å². The second kappa shape index (κ2) is 8.35. The van der Waals surface area contributed by atoms with Crippen molar-refractivity contribution in [2.45, 2.75) is 49.0 Å². The van der Waals surface area contributed by atoms with Crippen LogP contribution in [0.4, 0.5) is 14.5 Å². The Bertz CT molecular complexity index is 1100. The molecule has 2 aromatic carbocycles. The van der Waals surface area contributed by atoms with E-state index >= 15 is 0 Å². The van der Waals surface area contributed by atoms with Crippen LogP contribution in [-0.4, -0.2) is 51.7 Å². The minimum atomic E-state index is -3.26. The summed E-state index contributed by atoms with van der Waals surface area (Å²) >= 11 is 0. The zero-order valence-electron chi connectivity index (χ0n) is 19.1. The smallest absolute Gasteiger partial charge is 0.254 e. The molecule has 1 aliphatic heterocycles. The minimum Gasteiger partial charge on any atom is -0.368 e. The summed E-state index contributed by atoms with van der Waals surface area (Å²) in [4.78, 5) is 5.12. The highest BCUT2D eigenvalue weighted by molar-refractivity contribution is 7.90. The van der Waals surface area contributed by atoms with Gasteiger partial charge in [0.05, 0.1) is 10.9 Å². The van der Waals surface area contributed by atoms with Gasteiger partial charge in [0.15, 0.2) is 9.84 Å². The first-order valence-corrected chi connectivity index (χ1v) is 13.8. The van der Waals surface area contributed by atoms with Crippen molar-refractivity contribution in [1.82, 2.24) is 4.90 Å². The maximum Gasteiger partial charge on any atom is 0.254 e. The molecular formula is C26H32F2N2O2S. The summed E-state index contributed by atoms with van der Waals surface area (Å²) in [6.45, 7) is 3.37. The maximum absolute atomic E-state index is 13.8. The fraction of sp³-hybridized carbons (Fsp3) is 0.538. The number of halogens is 2. The summed E-state index contributed by atoms with van der Waals surface area (Å²) in [5, 5.41) is 0. The maximum atomic E-state index is 13.8. The lowest BCUT2D eigenvalue weighted by atomic mass is 9.79. The summed E-state index contributed by atoms with van der Waals surface area (Å²) in [7, 11) is -3.26. The van der Waals surface area contributed by atoms with E-state index in [2.05, 4.69) is 34.1 Å². The van der Waals surface area contributed by atoms with Gasteiger partial charge in [0, 0.05) is 50.0 Å². The van der Waals surface area contributed by atoms with Crippen LogP contribution in [0.25, 0.3) is 0 Å². The van der Waals surface area contributed by atoms with Gasteiger partial charge in [-0.25, -0.2) is 17.2 Å². The molecule has 2 aromatic rings. The van der Waals surface area contributed by atoms with Crippen LogP contribution >= 0.6 is 0 Å². The zero-order chi connectivity index (χ0) is 23.3. The van der Waals surface area contributed by atoms with Crippen molar-refractivity contribution >= 4 is 15.5 Å². The van der Waals surface area contributed by atoms with Gasteiger partial charge in [-0.05, 0) is 55.4 Å². The van der Waals surface area contributed by atoms with E-state index in [1.165, 1.54) is 11.8 Å².